The molecule has 2 amide bonds. The van der Waals surface area contributed by atoms with Crippen molar-refractivity contribution in [1.82, 2.24) is 15.6 Å². The fourth-order valence-corrected chi connectivity index (χ4v) is 3.73. The number of alkyl carbamates (subject to hydrolysis) is 1. The van der Waals surface area contributed by atoms with Gasteiger partial charge in [-0.15, -0.1) is 0 Å². The monoisotopic (exact) mass is 419 g/mol. The van der Waals surface area contributed by atoms with Gasteiger partial charge in [-0.25, -0.2) is 9.78 Å². The third-order valence-electron chi connectivity index (χ3n) is 5.25. The van der Waals surface area contributed by atoms with E-state index in [4.69, 9.17) is 14.2 Å². The number of ether oxygens (including phenoxy) is 3. The average Bonchev–Trinajstić information content (AvgIpc) is 2.69. The molecule has 2 N–H and O–H groups in total. The molecule has 8 heteroatoms. The molecule has 0 atom stereocenters. The Kier molecular flexibility index (Phi) is 7.53. The normalized spacial score (nSPS) is 22.8. The lowest BCUT2D eigenvalue weighted by molar-refractivity contribution is 0.0233. The molecule has 1 aromatic rings. The minimum atomic E-state index is -0.511. The number of hydrogen-bond acceptors (Lipinski definition) is 6. The van der Waals surface area contributed by atoms with Crippen molar-refractivity contribution in [3.8, 4) is 5.88 Å². The molecular weight excluding hydrogens is 386 g/mol. The van der Waals surface area contributed by atoms with Gasteiger partial charge in [-0.1, -0.05) is 0 Å². The molecule has 0 bridgehead atoms. The summed E-state index contributed by atoms with van der Waals surface area (Å²) in [6.45, 7) is 6.87. The topological polar surface area (TPSA) is 98.8 Å². The Morgan fingerprint density at radius 3 is 2.30 bits per heavy atom. The molecule has 30 heavy (non-hydrogen) atoms. The maximum atomic E-state index is 12.8. The van der Waals surface area contributed by atoms with Crippen LogP contribution in [-0.4, -0.2) is 54.0 Å². The van der Waals surface area contributed by atoms with Crippen molar-refractivity contribution in [2.24, 2.45) is 0 Å². The molecule has 1 aromatic heterocycles. The summed E-state index contributed by atoms with van der Waals surface area (Å²) in [5, 5.41) is 6.02. The second-order valence-electron chi connectivity index (χ2n) is 8.95. The molecule has 1 saturated heterocycles. The highest BCUT2D eigenvalue weighted by Gasteiger charge is 2.27. The van der Waals surface area contributed by atoms with Crippen molar-refractivity contribution >= 4 is 12.0 Å². The first-order valence-electron chi connectivity index (χ1n) is 10.8. The number of aromatic nitrogens is 1. The standard InChI is InChI=1S/C22H33N3O5/c1-22(2,3)30-21(27)25-16-8-6-15(7-9-16)24-19(26)18-5-4-12-23-20(18)29-17-10-13-28-14-11-17/h4-5,12,15-17H,6-11,13-14H2,1-3H3,(H,24,26)(H,25,27). The molecule has 1 aliphatic carbocycles. The molecule has 0 spiro atoms. The fourth-order valence-electron chi connectivity index (χ4n) is 3.73. The minimum Gasteiger partial charge on any atom is -0.474 e. The smallest absolute Gasteiger partial charge is 0.407 e. The lowest BCUT2D eigenvalue weighted by Gasteiger charge is -2.30. The van der Waals surface area contributed by atoms with Crippen LogP contribution in [0.5, 0.6) is 5.88 Å². The molecule has 0 aromatic carbocycles. The largest absolute Gasteiger partial charge is 0.474 e. The number of nitrogens with zero attached hydrogens (tertiary/aromatic N) is 1. The van der Waals surface area contributed by atoms with Crippen LogP contribution in [0.15, 0.2) is 18.3 Å². The Labute approximate surface area is 178 Å². The second kappa shape index (κ2) is 10.1. The van der Waals surface area contributed by atoms with Crippen molar-refractivity contribution in [2.75, 3.05) is 13.2 Å². The van der Waals surface area contributed by atoms with Crippen LogP contribution in [0.2, 0.25) is 0 Å². The maximum absolute atomic E-state index is 12.8. The van der Waals surface area contributed by atoms with Gasteiger partial charge >= 0.3 is 6.09 Å². The quantitative estimate of drug-likeness (QED) is 0.760. The van der Waals surface area contributed by atoms with Gasteiger partial charge in [-0.05, 0) is 58.6 Å². The summed E-state index contributed by atoms with van der Waals surface area (Å²) in [7, 11) is 0. The average molecular weight is 420 g/mol. The van der Waals surface area contributed by atoms with Gasteiger partial charge in [0.1, 0.15) is 17.3 Å². The molecule has 1 aliphatic heterocycles. The van der Waals surface area contributed by atoms with E-state index in [1.165, 1.54) is 0 Å². The van der Waals surface area contributed by atoms with Gasteiger partial charge in [-0.3, -0.25) is 4.79 Å². The molecule has 1 saturated carbocycles. The third-order valence-corrected chi connectivity index (χ3v) is 5.25. The van der Waals surface area contributed by atoms with Crippen molar-refractivity contribution in [3.63, 3.8) is 0 Å². The van der Waals surface area contributed by atoms with Crippen LogP contribution >= 0.6 is 0 Å². The molecule has 2 fully saturated rings. The number of carbonyl (C=O) groups is 2. The van der Waals surface area contributed by atoms with Crippen LogP contribution in [-0.2, 0) is 9.47 Å². The molecule has 8 nitrogen and oxygen atoms in total. The summed E-state index contributed by atoms with van der Waals surface area (Å²) >= 11 is 0. The zero-order valence-corrected chi connectivity index (χ0v) is 18.1. The predicted octanol–water partition coefficient (Wildman–Crippen LogP) is 3.21. The number of carbonyl (C=O) groups excluding carboxylic acids is 2. The fraction of sp³-hybridized carbons (Fsp3) is 0.682. The second-order valence-corrected chi connectivity index (χ2v) is 8.95. The van der Waals surface area contributed by atoms with Crippen LogP contribution < -0.4 is 15.4 Å². The summed E-state index contributed by atoms with van der Waals surface area (Å²) in [4.78, 5) is 29.1. The zero-order valence-electron chi connectivity index (χ0n) is 18.1. The molecule has 3 rings (SSSR count). The number of nitrogens with one attached hydrogen (secondary N) is 2. The van der Waals surface area contributed by atoms with E-state index in [0.29, 0.717) is 24.7 Å². The summed E-state index contributed by atoms with van der Waals surface area (Å²) in [5.74, 6) is 0.205. The van der Waals surface area contributed by atoms with Gasteiger partial charge in [0.2, 0.25) is 5.88 Å². The van der Waals surface area contributed by atoms with E-state index in [0.717, 1.165) is 38.5 Å². The van der Waals surface area contributed by atoms with Crippen LogP contribution in [0.4, 0.5) is 4.79 Å². The molecule has 2 heterocycles. The van der Waals surface area contributed by atoms with Crippen LogP contribution in [0.25, 0.3) is 0 Å². The Balaban J connectivity index is 1.48. The third kappa shape index (κ3) is 6.86. The van der Waals surface area contributed by atoms with Crippen LogP contribution in [0, 0.1) is 0 Å². The van der Waals surface area contributed by atoms with E-state index >= 15 is 0 Å². The molecule has 0 unspecified atom stereocenters. The van der Waals surface area contributed by atoms with Gasteiger partial charge in [-0.2, -0.15) is 0 Å². The number of pyridine rings is 1. The first kappa shape index (κ1) is 22.3. The van der Waals surface area contributed by atoms with Crippen molar-refractivity contribution in [1.29, 1.82) is 0 Å². The van der Waals surface area contributed by atoms with Crippen molar-refractivity contribution in [3.05, 3.63) is 23.9 Å². The summed E-state index contributed by atoms with van der Waals surface area (Å²) < 4.78 is 16.7. The Morgan fingerprint density at radius 1 is 1.03 bits per heavy atom. The highest BCUT2D eigenvalue weighted by molar-refractivity contribution is 5.96. The highest BCUT2D eigenvalue weighted by Crippen LogP contribution is 2.23. The number of amides is 2. The Hall–Kier alpha value is -2.35. The SMILES string of the molecule is CC(C)(C)OC(=O)NC1CCC(NC(=O)c2cccnc2OC2CCOCC2)CC1. The lowest BCUT2D eigenvalue weighted by Crippen LogP contribution is -2.45. The summed E-state index contributed by atoms with van der Waals surface area (Å²) in [6, 6.07) is 3.62. The van der Waals surface area contributed by atoms with E-state index in [9.17, 15) is 9.59 Å². The number of hydrogen-bond donors (Lipinski definition) is 2. The van der Waals surface area contributed by atoms with Crippen LogP contribution in [0.1, 0.15) is 69.7 Å². The summed E-state index contributed by atoms with van der Waals surface area (Å²) in [6.07, 6.45) is 6.04. The summed E-state index contributed by atoms with van der Waals surface area (Å²) in [5.41, 5.74) is -0.0540. The number of rotatable bonds is 5. The van der Waals surface area contributed by atoms with Crippen molar-refractivity contribution in [2.45, 2.75) is 83.1 Å². The van der Waals surface area contributed by atoms with Crippen molar-refractivity contribution < 1.29 is 23.8 Å². The molecular formula is C22H33N3O5. The minimum absolute atomic E-state index is 0.0227. The van der Waals surface area contributed by atoms with E-state index < -0.39 is 5.60 Å². The van der Waals surface area contributed by atoms with E-state index in [1.807, 2.05) is 20.8 Å². The van der Waals surface area contributed by atoms with Gasteiger partial charge in [0.05, 0.1) is 13.2 Å². The molecule has 166 valence electrons. The lowest BCUT2D eigenvalue weighted by atomic mass is 9.91. The first-order valence-corrected chi connectivity index (χ1v) is 10.8. The zero-order chi connectivity index (χ0) is 21.6. The van der Waals surface area contributed by atoms with E-state index in [1.54, 1.807) is 18.3 Å². The van der Waals surface area contributed by atoms with E-state index in [2.05, 4.69) is 15.6 Å². The predicted molar refractivity (Wildman–Crippen MR) is 112 cm³/mol. The maximum Gasteiger partial charge on any atom is 0.407 e. The van der Waals surface area contributed by atoms with E-state index in [-0.39, 0.29) is 30.2 Å². The molecule has 2 aliphatic rings. The highest BCUT2D eigenvalue weighted by atomic mass is 16.6. The van der Waals surface area contributed by atoms with Crippen LogP contribution in [0.3, 0.4) is 0 Å². The van der Waals surface area contributed by atoms with Gasteiger partial charge in [0.15, 0.2) is 0 Å². The molecule has 0 radical (unpaired) electrons. The van der Waals surface area contributed by atoms with Gasteiger partial charge < -0.3 is 24.8 Å². The van der Waals surface area contributed by atoms with Gasteiger partial charge in [0.25, 0.3) is 5.91 Å². The Bertz CT molecular complexity index is 720. The van der Waals surface area contributed by atoms with Gasteiger partial charge in [0, 0.05) is 31.1 Å². The Morgan fingerprint density at radius 2 is 1.67 bits per heavy atom. The first-order chi connectivity index (χ1) is 14.3.